The maximum absolute atomic E-state index is 12.2. The fourth-order valence-electron chi connectivity index (χ4n) is 2.84. The van der Waals surface area contributed by atoms with Gasteiger partial charge in [-0.1, -0.05) is 34.6 Å². The standard InChI is InChI=1S/C17H33N3O2/c1-6-19(7-2)13-10-18-15(21)14-8-11-20(12-9-14)16(22)17(3,4)5/h14H,6-13H2,1-5H3,(H,18,21). The first-order chi connectivity index (χ1) is 10.3. The summed E-state index contributed by atoms with van der Waals surface area (Å²) < 4.78 is 0. The molecule has 1 aliphatic rings. The van der Waals surface area contributed by atoms with Crippen molar-refractivity contribution in [1.29, 1.82) is 0 Å². The van der Waals surface area contributed by atoms with Gasteiger partial charge in [-0.15, -0.1) is 0 Å². The molecule has 2 amide bonds. The van der Waals surface area contributed by atoms with E-state index in [1.54, 1.807) is 0 Å². The van der Waals surface area contributed by atoms with Crippen molar-refractivity contribution in [1.82, 2.24) is 15.1 Å². The predicted octanol–water partition coefficient (Wildman–Crippen LogP) is 1.73. The molecule has 1 fully saturated rings. The van der Waals surface area contributed by atoms with Crippen molar-refractivity contribution < 1.29 is 9.59 Å². The molecular formula is C17H33N3O2. The number of hydrogen-bond acceptors (Lipinski definition) is 3. The SMILES string of the molecule is CCN(CC)CCNC(=O)C1CCN(C(=O)C(C)(C)C)CC1. The molecule has 5 nitrogen and oxygen atoms in total. The van der Waals surface area contributed by atoms with Crippen LogP contribution in [-0.2, 0) is 9.59 Å². The van der Waals surface area contributed by atoms with Crippen molar-refractivity contribution >= 4 is 11.8 Å². The molecule has 1 saturated heterocycles. The number of carbonyl (C=O) groups excluding carboxylic acids is 2. The number of nitrogens with zero attached hydrogens (tertiary/aromatic N) is 2. The Hall–Kier alpha value is -1.10. The van der Waals surface area contributed by atoms with Gasteiger partial charge in [0.25, 0.3) is 0 Å². The van der Waals surface area contributed by atoms with Crippen LogP contribution in [-0.4, -0.2) is 60.9 Å². The molecule has 1 rings (SSSR count). The molecule has 0 spiro atoms. The molecule has 1 N–H and O–H groups in total. The van der Waals surface area contributed by atoms with E-state index in [9.17, 15) is 9.59 Å². The average molecular weight is 311 g/mol. The lowest BCUT2D eigenvalue weighted by Crippen LogP contribution is -2.47. The van der Waals surface area contributed by atoms with E-state index >= 15 is 0 Å². The Morgan fingerprint density at radius 1 is 1.14 bits per heavy atom. The summed E-state index contributed by atoms with van der Waals surface area (Å²) in [6, 6.07) is 0. The van der Waals surface area contributed by atoms with Crippen molar-refractivity contribution in [3.63, 3.8) is 0 Å². The number of carbonyl (C=O) groups is 2. The van der Waals surface area contributed by atoms with Gasteiger partial charge in [0, 0.05) is 37.5 Å². The number of amides is 2. The highest BCUT2D eigenvalue weighted by Gasteiger charge is 2.32. The van der Waals surface area contributed by atoms with Gasteiger partial charge in [-0.2, -0.15) is 0 Å². The summed E-state index contributed by atoms with van der Waals surface area (Å²) in [5.74, 6) is 0.392. The first-order valence-corrected chi connectivity index (χ1v) is 8.59. The lowest BCUT2D eigenvalue weighted by atomic mass is 9.91. The largest absolute Gasteiger partial charge is 0.355 e. The van der Waals surface area contributed by atoms with Gasteiger partial charge in [-0.25, -0.2) is 0 Å². The summed E-state index contributed by atoms with van der Waals surface area (Å²) in [7, 11) is 0. The molecule has 0 saturated carbocycles. The van der Waals surface area contributed by atoms with Crippen LogP contribution in [0.1, 0.15) is 47.5 Å². The summed E-state index contributed by atoms with van der Waals surface area (Å²) >= 11 is 0. The second kappa shape index (κ2) is 8.51. The fraction of sp³-hybridized carbons (Fsp3) is 0.882. The molecule has 1 heterocycles. The summed E-state index contributed by atoms with van der Waals surface area (Å²) in [6.07, 6.45) is 1.55. The normalized spacial score (nSPS) is 16.9. The van der Waals surface area contributed by atoms with Gasteiger partial charge in [0.1, 0.15) is 0 Å². The summed E-state index contributed by atoms with van der Waals surface area (Å²) in [5.41, 5.74) is -0.334. The lowest BCUT2D eigenvalue weighted by molar-refractivity contribution is -0.142. The second-order valence-corrected chi connectivity index (χ2v) is 7.13. The van der Waals surface area contributed by atoms with Crippen LogP contribution < -0.4 is 5.32 Å². The minimum Gasteiger partial charge on any atom is -0.355 e. The number of piperidine rings is 1. The molecule has 0 aliphatic carbocycles. The van der Waals surface area contributed by atoms with Crippen LogP contribution >= 0.6 is 0 Å². The Balaban J connectivity index is 2.32. The Bertz CT molecular complexity index is 365. The van der Waals surface area contributed by atoms with E-state index < -0.39 is 0 Å². The third kappa shape index (κ3) is 5.59. The highest BCUT2D eigenvalue weighted by Crippen LogP contribution is 2.23. The van der Waals surface area contributed by atoms with E-state index in [1.165, 1.54) is 0 Å². The van der Waals surface area contributed by atoms with E-state index in [0.29, 0.717) is 19.6 Å². The molecule has 0 aromatic carbocycles. The molecule has 0 unspecified atom stereocenters. The number of nitrogens with one attached hydrogen (secondary N) is 1. The van der Waals surface area contributed by atoms with Gasteiger partial charge in [-0.05, 0) is 25.9 Å². The Kier molecular flexibility index (Phi) is 7.33. The molecule has 0 aromatic rings. The predicted molar refractivity (Wildman–Crippen MR) is 89.6 cm³/mol. The minimum atomic E-state index is -0.334. The summed E-state index contributed by atoms with van der Waals surface area (Å²) in [4.78, 5) is 28.6. The molecule has 0 radical (unpaired) electrons. The third-order valence-corrected chi connectivity index (χ3v) is 4.42. The maximum atomic E-state index is 12.2. The van der Waals surface area contributed by atoms with Gasteiger partial charge < -0.3 is 15.1 Å². The van der Waals surface area contributed by atoms with E-state index in [4.69, 9.17) is 0 Å². The molecule has 1 aliphatic heterocycles. The molecule has 0 atom stereocenters. The number of rotatable bonds is 6. The van der Waals surface area contributed by atoms with Gasteiger partial charge in [0.2, 0.25) is 11.8 Å². The van der Waals surface area contributed by atoms with Gasteiger partial charge >= 0.3 is 0 Å². The molecule has 22 heavy (non-hydrogen) atoms. The van der Waals surface area contributed by atoms with Crippen LogP contribution in [0.15, 0.2) is 0 Å². The topological polar surface area (TPSA) is 52.7 Å². The molecule has 0 bridgehead atoms. The van der Waals surface area contributed by atoms with Crippen molar-refractivity contribution in [3.05, 3.63) is 0 Å². The number of likely N-dealkylation sites (N-methyl/N-ethyl adjacent to an activating group) is 1. The second-order valence-electron chi connectivity index (χ2n) is 7.13. The van der Waals surface area contributed by atoms with Crippen LogP contribution in [0.5, 0.6) is 0 Å². The van der Waals surface area contributed by atoms with Gasteiger partial charge in [0.05, 0.1) is 0 Å². The van der Waals surface area contributed by atoms with E-state index in [0.717, 1.165) is 32.5 Å². The van der Waals surface area contributed by atoms with Crippen LogP contribution in [0.2, 0.25) is 0 Å². The van der Waals surface area contributed by atoms with Crippen LogP contribution in [0.3, 0.4) is 0 Å². The third-order valence-electron chi connectivity index (χ3n) is 4.42. The van der Waals surface area contributed by atoms with Crippen molar-refractivity contribution in [2.45, 2.75) is 47.5 Å². The van der Waals surface area contributed by atoms with E-state index in [2.05, 4.69) is 24.1 Å². The van der Waals surface area contributed by atoms with Gasteiger partial charge in [-0.3, -0.25) is 9.59 Å². The lowest BCUT2D eigenvalue weighted by Gasteiger charge is -2.35. The van der Waals surface area contributed by atoms with Crippen LogP contribution in [0.4, 0.5) is 0 Å². The minimum absolute atomic E-state index is 0.0562. The van der Waals surface area contributed by atoms with Crippen molar-refractivity contribution in [2.24, 2.45) is 11.3 Å². The molecule has 0 aromatic heterocycles. The summed E-state index contributed by atoms with van der Waals surface area (Å²) in [6.45, 7) is 15.1. The average Bonchev–Trinajstić information content (AvgIpc) is 2.50. The van der Waals surface area contributed by atoms with E-state index in [-0.39, 0.29) is 23.1 Å². The first-order valence-electron chi connectivity index (χ1n) is 8.59. The first kappa shape index (κ1) is 18.9. The zero-order valence-electron chi connectivity index (χ0n) is 14.9. The zero-order chi connectivity index (χ0) is 16.8. The van der Waals surface area contributed by atoms with Crippen molar-refractivity contribution in [3.8, 4) is 0 Å². The smallest absolute Gasteiger partial charge is 0.227 e. The number of likely N-dealkylation sites (tertiary alicyclic amines) is 1. The Morgan fingerprint density at radius 2 is 1.68 bits per heavy atom. The van der Waals surface area contributed by atoms with Gasteiger partial charge in [0.15, 0.2) is 0 Å². The highest BCUT2D eigenvalue weighted by atomic mass is 16.2. The quantitative estimate of drug-likeness (QED) is 0.813. The van der Waals surface area contributed by atoms with Crippen LogP contribution in [0, 0.1) is 11.3 Å². The maximum Gasteiger partial charge on any atom is 0.227 e. The van der Waals surface area contributed by atoms with Crippen molar-refractivity contribution in [2.75, 3.05) is 39.3 Å². The summed E-state index contributed by atoms with van der Waals surface area (Å²) in [5, 5.41) is 3.04. The molecule has 5 heteroatoms. The highest BCUT2D eigenvalue weighted by molar-refractivity contribution is 5.82. The Labute approximate surface area is 135 Å². The Morgan fingerprint density at radius 3 is 2.14 bits per heavy atom. The fourth-order valence-corrected chi connectivity index (χ4v) is 2.84. The molecular weight excluding hydrogens is 278 g/mol. The van der Waals surface area contributed by atoms with E-state index in [1.807, 2.05) is 25.7 Å². The molecule has 128 valence electrons. The zero-order valence-corrected chi connectivity index (χ0v) is 14.9. The van der Waals surface area contributed by atoms with Crippen LogP contribution in [0.25, 0.3) is 0 Å². The number of hydrogen-bond donors (Lipinski definition) is 1. The monoisotopic (exact) mass is 311 g/mol.